The number of carboxylic acids is 2. The molecule has 2 aromatic carbocycles. The second kappa shape index (κ2) is 7.17. The first-order valence-corrected chi connectivity index (χ1v) is 8.47. The molecule has 2 aromatic rings. The van der Waals surface area contributed by atoms with E-state index < -0.39 is 29.3 Å². The molecule has 3 atom stereocenters. The van der Waals surface area contributed by atoms with Gasteiger partial charge in [0.2, 0.25) is 0 Å². The molecule has 1 unspecified atom stereocenters. The molecule has 26 heavy (non-hydrogen) atoms. The molecule has 0 bridgehead atoms. The van der Waals surface area contributed by atoms with Crippen molar-refractivity contribution < 1.29 is 24.5 Å². The molecule has 0 radical (unpaired) electrons. The van der Waals surface area contributed by atoms with Crippen LogP contribution in [-0.2, 0) is 16.0 Å². The number of benzene rings is 2. The molecule has 0 amide bonds. The minimum atomic E-state index is -1.55. The smallest absolute Gasteiger partial charge is 0.324 e. The summed E-state index contributed by atoms with van der Waals surface area (Å²) in [5.74, 6) is -2.04. The number of nitrogens with two attached hydrogens (primary N) is 1. The Kier molecular flexibility index (Phi) is 4.95. The highest BCUT2D eigenvalue weighted by Crippen LogP contribution is 2.47. The molecule has 1 saturated carbocycles. The van der Waals surface area contributed by atoms with Crippen molar-refractivity contribution in [2.75, 3.05) is 0 Å². The number of hydrogen-bond donors (Lipinski definition) is 3. The third-order valence-corrected chi connectivity index (χ3v) is 4.92. The number of aryl methyl sites for hydroxylation is 1. The molecular weight excluding hydrogens is 334 g/mol. The second-order valence-electron chi connectivity index (χ2n) is 6.66. The van der Waals surface area contributed by atoms with E-state index in [9.17, 15) is 14.7 Å². The Morgan fingerprint density at radius 2 is 1.73 bits per heavy atom. The lowest BCUT2D eigenvalue weighted by Gasteiger charge is -2.25. The van der Waals surface area contributed by atoms with Crippen molar-refractivity contribution in [3.8, 4) is 11.5 Å². The van der Waals surface area contributed by atoms with E-state index in [-0.39, 0.29) is 6.42 Å². The lowest BCUT2D eigenvalue weighted by atomic mass is 9.86. The van der Waals surface area contributed by atoms with E-state index >= 15 is 0 Å². The van der Waals surface area contributed by atoms with Crippen LogP contribution in [0.2, 0.25) is 0 Å². The summed E-state index contributed by atoms with van der Waals surface area (Å²) < 4.78 is 5.89. The van der Waals surface area contributed by atoms with Crippen LogP contribution in [0.15, 0.2) is 54.6 Å². The van der Waals surface area contributed by atoms with Crippen LogP contribution in [0, 0.1) is 11.8 Å². The summed E-state index contributed by atoms with van der Waals surface area (Å²) in [5.41, 5.74) is 5.40. The van der Waals surface area contributed by atoms with Crippen molar-refractivity contribution in [2.24, 2.45) is 17.6 Å². The summed E-state index contributed by atoms with van der Waals surface area (Å²) in [5, 5.41) is 18.7. The predicted molar refractivity (Wildman–Crippen MR) is 95.1 cm³/mol. The standard InChI is InChI=1S/C20H21NO5/c21-20(19(24)25,16-12-15(16)18(22)23)11-10-13-6-4-5-9-17(13)26-14-7-2-1-3-8-14/h1-9,15-16H,10-12,21H2,(H,22,23)(H,24,25)/t15-,16-,20?/m0/s1. The highest BCUT2D eigenvalue weighted by molar-refractivity contribution is 5.83. The Bertz CT molecular complexity index is 807. The van der Waals surface area contributed by atoms with Gasteiger partial charge >= 0.3 is 11.9 Å². The van der Waals surface area contributed by atoms with Crippen LogP contribution in [0.3, 0.4) is 0 Å². The van der Waals surface area contributed by atoms with Crippen LogP contribution in [0.25, 0.3) is 0 Å². The molecule has 1 aliphatic carbocycles. The minimum absolute atomic E-state index is 0.145. The molecule has 4 N–H and O–H groups in total. The first-order valence-electron chi connectivity index (χ1n) is 8.47. The number of carboxylic acid groups (broad SMARTS) is 2. The molecule has 0 aliphatic heterocycles. The van der Waals surface area contributed by atoms with Gasteiger partial charge < -0.3 is 20.7 Å². The molecule has 0 aromatic heterocycles. The van der Waals surface area contributed by atoms with Crippen LogP contribution in [-0.4, -0.2) is 27.7 Å². The quantitative estimate of drug-likeness (QED) is 0.671. The normalized spacial score (nSPS) is 20.8. The number of ether oxygens (including phenoxy) is 1. The molecular formula is C20H21NO5. The molecule has 6 heteroatoms. The fourth-order valence-electron chi connectivity index (χ4n) is 3.26. The van der Waals surface area contributed by atoms with Gasteiger partial charge in [-0.25, -0.2) is 0 Å². The Morgan fingerprint density at radius 1 is 1.08 bits per heavy atom. The van der Waals surface area contributed by atoms with Crippen molar-refractivity contribution in [2.45, 2.75) is 24.8 Å². The van der Waals surface area contributed by atoms with E-state index in [4.69, 9.17) is 15.6 Å². The van der Waals surface area contributed by atoms with E-state index in [1.807, 2.05) is 54.6 Å². The number of carbonyl (C=O) groups is 2. The van der Waals surface area contributed by atoms with Gasteiger partial charge in [-0.3, -0.25) is 9.59 Å². The second-order valence-corrected chi connectivity index (χ2v) is 6.66. The van der Waals surface area contributed by atoms with Crippen molar-refractivity contribution >= 4 is 11.9 Å². The fraction of sp³-hybridized carbons (Fsp3) is 0.300. The molecule has 1 aliphatic rings. The third-order valence-electron chi connectivity index (χ3n) is 4.92. The van der Waals surface area contributed by atoms with Crippen molar-refractivity contribution in [3.05, 3.63) is 60.2 Å². The van der Waals surface area contributed by atoms with E-state index in [1.165, 1.54) is 0 Å². The van der Waals surface area contributed by atoms with Crippen molar-refractivity contribution in [1.82, 2.24) is 0 Å². The molecule has 0 heterocycles. The molecule has 1 fully saturated rings. The monoisotopic (exact) mass is 355 g/mol. The third kappa shape index (κ3) is 3.70. The zero-order valence-electron chi connectivity index (χ0n) is 14.2. The Hall–Kier alpha value is -2.86. The van der Waals surface area contributed by atoms with Gasteiger partial charge in [0.1, 0.15) is 17.0 Å². The molecule has 0 spiro atoms. The van der Waals surface area contributed by atoms with Gasteiger partial charge in [-0.2, -0.15) is 0 Å². The first-order chi connectivity index (χ1) is 12.4. The van der Waals surface area contributed by atoms with E-state index in [0.29, 0.717) is 24.3 Å². The molecule has 136 valence electrons. The van der Waals surface area contributed by atoms with Gasteiger partial charge in [0.05, 0.1) is 5.92 Å². The van der Waals surface area contributed by atoms with Crippen molar-refractivity contribution in [3.63, 3.8) is 0 Å². The van der Waals surface area contributed by atoms with Crippen LogP contribution >= 0.6 is 0 Å². The summed E-state index contributed by atoms with van der Waals surface area (Å²) >= 11 is 0. The molecule has 0 saturated heterocycles. The maximum absolute atomic E-state index is 11.7. The molecule has 3 rings (SSSR count). The van der Waals surface area contributed by atoms with Gasteiger partial charge in [-0.1, -0.05) is 36.4 Å². The Balaban J connectivity index is 1.74. The number of para-hydroxylation sites is 2. The fourth-order valence-corrected chi connectivity index (χ4v) is 3.26. The van der Waals surface area contributed by atoms with Crippen LogP contribution < -0.4 is 10.5 Å². The maximum atomic E-state index is 11.7. The Morgan fingerprint density at radius 3 is 2.35 bits per heavy atom. The lowest BCUT2D eigenvalue weighted by Crippen LogP contribution is -2.51. The SMILES string of the molecule is NC(CCc1ccccc1Oc1ccccc1)(C(=O)O)[C@H]1C[C@@H]1C(=O)O. The molecule has 6 nitrogen and oxygen atoms in total. The highest BCUT2D eigenvalue weighted by atomic mass is 16.5. The van der Waals surface area contributed by atoms with Gasteiger partial charge in [0.25, 0.3) is 0 Å². The summed E-state index contributed by atoms with van der Waals surface area (Å²) in [6, 6.07) is 16.7. The summed E-state index contributed by atoms with van der Waals surface area (Å²) in [7, 11) is 0. The first kappa shape index (κ1) is 17.9. The number of hydrogen-bond acceptors (Lipinski definition) is 4. The van der Waals surface area contributed by atoms with Gasteiger partial charge in [0.15, 0.2) is 0 Å². The van der Waals surface area contributed by atoms with Gasteiger partial charge in [0, 0.05) is 5.92 Å². The topological polar surface area (TPSA) is 110 Å². The van der Waals surface area contributed by atoms with Crippen LogP contribution in [0.4, 0.5) is 0 Å². The summed E-state index contributed by atoms with van der Waals surface area (Å²) in [6.07, 6.45) is 0.834. The van der Waals surface area contributed by atoms with Gasteiger partial charge in [-0.05, 0) is 43.0 Å². The van der Waals surface area contributed by atoms with Gasteiger partial charge in [-0.15, -0.1) is 0 Å². The predicted octanol–water partition coefficient (Wildman–Crippen LogP) is 2.91. The largest absolute Gasteiger partial charge is 0.481 e. The van der Waals surface area contributed by atoms with Crippen LogP contribution in [0.5, 0.6) is 11.5 Å². The minimum Gasteiger partial charge on any atom is -0.481 e. The zero-order valence-corrected chi connectivity index (χ0v) is 14.2. The number of aliphatic carboxylic acids is 2. The van der Waals surface area contributed by atoms with E-state index in [0.717, 1.165) is 5.56 Å². The number of rotatable bonds is 8. The summed E-state index contributed by atoms with van der Waals surface area (Å²) in [6.45, 7) is 0. The van der Waals surface area contributed by atoms with E-state index in [1.54, 1.807) is 0 Å². The highest BCUT2D eigenvalue weighted by Gasteiger charge is 2.58. The van der Waals surface area contributed by atoms with Crippen molar-refractivity contribution in [1.29, 1.82) is 0 Å². The van der Waals surface area contributed by atoms with E-state index in [2.05, 4.69) is 0 Å². The average molecular weight is 355 g/mol. The Labute approximate surface area is 151 Å². The maximum Gasteiger partial charge on any atom is 0.324 e. The zero-order chi connectivity index (χ0) is 18.7. The lowest BCUT2D eigenvalue weighted by molar-refractivity contribution is -0.145. The average Bonchev–Trinajstić information content (AvgIpc) is 3.43. The summed E-state index contributed by atoms with van der Waals surface area (Å²) in [4.78, 5) is 22.8. The van der Waals surface area contributed by atoms with Crippen LogP contribution in [0.1, 0.15) is 18.4 Å².